The van der Waals surface area contributed by atoms with Crippen molar-refractivity contribution in [3.63, 3.8) is 0 Å². The van der Waals surface area contributed by atoms with Crippen LogP contribution in [-0.4, -0.2) is 31.3 Å². The van der Waals surface area contributed by atoms with Gasteiger partial charge in [0.1, 0.15) is 0 Å². The van der Waals surface area contributed by atoms with Gasteiger partial charge in [-0.15, -0.1) is 0 Å². The first-order valence-electron chi connectivity index (χ1n) is 4.66. The summed E-state index contributed by atoms with van der Waals surface area (Å²) in [6.07, 6.45) is 5.43. The van der Waals surface area contributed by atoms with Crippen molar-refractivity contribution in [2.24, 2.45) is 4.99 Å². The zero-order valence-corrected chi connectivity index (χ0v) is 8.96. The quantitative estimate of drug-likeness (QED) is 0.633. The molecular formula is C11H18N2. The van der Waals surface area contributed by atoms with E-state index in [1.54, 1.807) is 0 Å². The molecule has 1 heterocycles. The van der Waals surface area contributed by atoms with Crippen LogP contribution in [0.3, 0.4) is 0 Å². The molecule has 0 radical (unpaired) electrons. The van der Waals surface area contributed by atoms with E-state index in [2.05, 4.69) is 50.0 Å². The summed E-state index contributed by atoms with van der Waals surface area (Å²) >= 11 is 0. The van der Waals surface area contributed by atoms with Gasteiger partial charge >= 0.3 is 0 Å². The molecule has 0 atom stereocenters. The Morgan fingerprint density at radius 1 is 1.31 bits per heavy atom. The van der Waals surface area contributed by atoms with Crippen molar-refractivity contribution in [3.8, 4) is 0 Å². The largest absolute Gasteiger partial charge is 0.305 e. The Hall–Kier alpha value is -0.890. The minimum absolute atomic E-state index is 0.983. The third-order valence-electron chi connectivity index (χ3n) is 2.07. The summed E-state index contributed by atoms with van der Waals surface area (Å²) in [7, 11) is 4.17. The standard InChI is InChI=1S/C11H18N2/c1-9-6-5-7-11(8-13(3)4)10(2)12-9/h6-7H,5,8H2,1-4H3. The second-order valence-corrected chi connectivity index (χ2v) is 3.75. The van der Waals surface area contributed by atoms with Crippen LogP contribution >= 0.6 is 0 Å². The molecule has 13 heavy (non-hydrogen) atoms. The Morgan fingerprint density at radius 3 is 2.62 bits per heavy atom. The van der Waals surface area contributed by atoms with E-state index in [1.165, 1.54) is 5.57 Å². The van der Waals surface area contributed by atoms with Crippen molar-refractivity contribution < 1.29 is 0 Å². The summed E-state index contributed by atoms with van der Waals surface area (Å²) in [4.78, 5) is 6.67. The maximum Gasteiger partial charge on any atom is 0.0417 e. The van der Waals surface area contributed by atoms with E-state index in [4.69, 9.17) is 0 Å². The molecule has 0 amide bonds. The van der Waals surface area contributed by atoms with Crippen molar-refractivity contribution in [2.75, 3.05) is 20.6 Å². The summed E-state index contributed by atoms with van der Waals surface area (Å²) in [6.45, 7) is 5.12. The fourth-order valence-electron chi connectivity index (χ4n) is 1.42. The van der Waals surface area contributed by atoms with Gasteiger partial charge in [-0.05, 0) is 39.9 Å². The predicted octanol–water partition coefficient (Wildman–Crippen LogP) is 2.24. The molecule has 1 aliphatic heterocycles. The van der Waals surface area contributed by atoms with Crippen molar-refractivity contribution in [1.29, 1.82) is 0 Å². The SMILES string of the molecule is CC1=CCC=C(CN(C)C)C(C)=N1. The molecule has 72 valence electrons. The highest BCUT2D eigenvalue weighted by molar-refractivity contribution is 5.99. The van der Waals surface area contributed by atoms with Gasteiger partial charge in [-0.3, -0.25) is 4.99 Å². The Bertz CT molecular complexity index is 270. The van der Waals surface area contributed by atoms with Crippen LogP contribution in [0.25, 0.3) is 0 Å². The highest BCUT2D eigenvalue weighted by Crippen LogP contribution is 2.11. The third-order valence-corrected chi connectivity index (χ3v) is 2.07. The van der Waals surface area contributed by atoms with Crippen LogP contribution in [0.5, 0.6) is 0 Å². The number of likely N-dealkylation sites (N-methyl/N-ethyl adjacent to an activating group) is 1. The monoisotopic (exact) mass is 178 g/mol. The van der Waals surface area contributed by atoms with Crippen LogP contribution in [-0.2, 0) is 0 Å². The first-order chi connectivity index (χ1) is 6.09. The number of nitrogens with zero attached hydrogens (tertiary/aromatic N) is 2. The lowest BCUT2D eigenvalue weighted by Gasteiger charge is -2.12. The second-order valence-electron chi connectivity index (χ2n) is 3.75. The molecule has 0 N–H and O–H groups in total. The van der Waals surface area contributed by atoms with Gasteiger partial charge in [-0.1, -0.05) is 12.2 Å². The molecule has 0 aromatic heterocycles. The molecule has 0 unspecified atom stereocenters. The lowest BCUT2D eigenvalue weighted by molar-refractivity contribution is 0.450. The molecule has 0 bridgehead atoms. The van der Waals surface area contributed by atoms with Crippen LogP contribution in [0.1, 0.15) is 20.3 Å². The van der Waals surface area contributed by atoms with Gasteiger partial charge in [0.2, 0.25) is 0 Å². The summed E-state index contributed by atoms with van der Waals surface area (Å²) in [5, 5.41) is 0. The zero-order chi connectivity index (χ0) is 9.84. The fraction of sp³-hybridized carbons (Fsp3) is 0.545. The topological polar surface area (TPSA) is 15.6 Å². The Morgan fingerprint density at radius 2 is 2.00 bits per heavy atom. The van der Waals surface area contributed by atoms with Gasteiger partial charge in [0.05, 0.1) is 0 Å². The lowest BCUT2D eigenvalue weighted by atomic mass is 10.1. The van der Waals surface area contributed by atoms with Crippen LogP contribution in [0, 0.1) is 0 Å². The minimum atomic E-state index is 0.983. The summed E-state index contributed by atoms with van der Waals surface area (Å²) in [5.41, 5.74) is 3.63. The molecule has 1 rings (SSSR count). The molecule has 2 heteroatoms. The highest BCUT2D eigenvalue weighted by atomic mass is 15.1. The number of aliphatic imine (C=N–C) groups is 1. The van der Waals surface area contributed by atoms with Crippen LogP contribution < -0.4 is 0 Å². The van der Waals surface area contributed by atoms with E-state index in [-0.39, 0.29) is 0 Å². The van der Waals surface area contributed by atoms with Gasteiger partial charge in [0.25, 0.3) is 0 Å². The van der Waals surface area contributed by atoms with E-state index in [0.717, 1.165) is 24.4 Å². The van der Waals surface area contributed by atoms with Gasteiger partial charge in [-0.2, -0.15) is 0 Å². The molecule has 2 nitrogen and oxygen atoms in total. The Kier molecular flexibility index (Phi) is 3.43. The third kappa shape index (κ3) is 3.15. The number of rotatable bonds is 2. The maximum absolute atomic E-state index is 4.49. The average Bonchev–Trinajstić information content (AvgIpc) is 2.13. The fourth-order valence-corrected chi connectivity index (χ4v) is 1.42. The van der Waals surface area contributed by atoms with E-state index in [1.807, 2.05) is 0 Å². The maximum atomic E-state index is 4.49. The van der Waals surface area contributed by atoms with Gasteiger partial charge < -0.3 is 4.90 Å². The molecule has 0 fully saturated rings. The van der Waals surface area contributed by atoms with Crippen molar-refractivity contribution in [3.05, 3.63) is 23.4 Å². The number of allylic oxidation sites excluding steroid dienone is 3. The van der Waals surface area contributed by atoms with E-state index in [9.17, 15) is 0 Å². The highest BCUT2D eigenvalue weighted by Gasteiger charge is 2.05. The molecule has 0 saturated heterocycles. The Balaban J connectivity index is 2.77. The van der Waals surface area contributed by atoms with Gasteiger partial charge in [-0.25, -0.2) is 0 Å². The Labute approximate surface area is 80.7 Å². The number of hydrogen-bond acceptors (Lipinski definition) is 2. The van der Waals surface area contributed by atoms with E-state index >= 15 is 0 Å². The first-order valence-corrected chi connectivity index (χ1v) is 4.66. The molecule has 1 aliphatic rings. The summed E-state index contributed by atoms with van der Waals surface area (Å²) in [5.74, 6) is 0. The number of hydrogen-bond donors (Lipinski definition) is 0. The summed E-state index contributed by atoms with van der Waals surface area (Å²) < 4.78 is 0. The van der Waals surface area contributed by atoms with E-state index < -0.39 is 0 Å². The summed E-state index contributed by atoms with van der Waals surface area (Å²) in [6, 6.07) is 0. The predicted molar refractivity (Wildman–Crippen MR) is 58.1 cm³/mol. The minimum Gasteiger partial charge on any atom is -0.305 e. The van der Waals surface area contributed by atoms with E-state index in [0.29, 0.717) is 0 Å². The molecular weight excluding hydrogens is 160 g/mol. The lowest BCUT2D eigenvalue weighted by Crippen LogP contribution is -2.18. The van der Waals surface area contributed by atoms with Crippen molar-refractivity contribution >= 4 is 5.71 Å². The van der Waals surface area contributed by atoms with Crippen LogP contribution in [0.2, 0.25) is 0 Å². The smallest absolute Gasteiger partial charge is 0.0417 e. The second kappa shape index (κ2) is 4.38. The molecule has 0 aromatic rings. The molecule has 0 saturated carbocycles. The van der Waals surface area contributed by atoms with Crippen molar-refractivity contribution in [1.82, 2.24) is 4.90 Å². The molecule has 0 spiro atoms. The van der Waals surface area contributed by atoms with Crippen LogP contribution in [0.4, 0.5) is 0 Å². The first kappa shape index (κ1) is 10.2. The van der Waals surface area contributed by atoms with Crippen LogP contribution in [0.15, 0.2) is 28.4 Å². The van der Waals surface area contributed by atoms with Crippen molar-refractivity contribution in [2.45, 2.75) is 20.3 Å². The molecule has 0 aromatic carbocycles. The average molecular weight is 178 g/mol. The zero-order valence-electron chi connectivity index (χ0n) is 8.96. The molecule has 0 aliphatic carbocycles. The van der Waals surface area contributed by atoms with Gasteiger partial charge in [0.15, 0.2) is 0 Å². The van der Waals surface area contributed by atoms with Gasteiger partial charge in [0, 0.05) is 18.0 Å². The normalized spacial score (nSPS) is 17.8.